The van der Waals surface area contributed by atoms with Crippen LogP contribution in [0.25, 0.3) is 0 Å². The van der Waals surface area contributed by atoms with Gasteiger partial charge in [-0.15, -0.1) is 0 Å². The first kappa shape index (κ1) is 15.0. The topological polar surface area (TPSA) is 55.9 Å². The number of hydrogen-bond acceptors (Lipinski definition) is 4. The summed E-state index contributed by atoms with van der Waals surface area (Å²) in [6, 6.07) is 7.90. The van der Waals surface area contributed by atoms with Gasteiger partial charge >= 0.3 is 11.8 Å². The first-order valence-corrected chi connectivity index (χ1v) is 7.75. The standard InChI is InChI=1S/C16H22N4O2/c1-18-10-11-20(16(22)15(18)21)14-5-3-2-4-13(14)12-19-8-6-17-7-9-19/h2-5,17H,6-12H2,1H3. The molecular weight excluding hydrogens is 280 g/mol. The van der Waals surface area contributed by atoms with Crippen molar-refractivity contribution in [1.82, 2.24) is 15.1 Å². The second kappa shape index (κ2) is 6.46. The predicted octanol–water partition coefficient (Wildman–Crippen LogP) is -0.103. The summed E-state index contributed by atoms with van der Waals surface area (Å²) in [4.78, 5) is 29.7. The summed E-state index contributed by atoms with van der Waals surface area (Å²) in [5, 5.41) is 3.34. The minimum atomic E-state index is -0.429. The number of amides is 2. The van der Waals surface area contributed by atoms with Gasteiger partial charge in [-0.25, -0.2) is 0 Å². The van der Waals surface area contributed by atoms with E-state index < -0.39 is 11.8 Å². The van der Waals surface area contributed by atoms with Gasteiger partial charge in [0.25, 0.3) is 0 Å². The van der Waals surface area contributed by atoms with E-state index in [0.29, 0.717) is 13.1 Å². The smallest absolute Gasteiger partial charge is 0.316 e. The van der Waals surface area contributed by atoms with Crippen LogP contribution >= 0.6 is 0 Å². The Morgan fingerprint density at radius 3 is 2.50 bits per heavy atom. The number of rotatable bonds is 3. The molecule has 0 atom stereocenters. The zero-order valence-electron chi connectivity index (χ0n) is 12.9. The summed E-state index contributed by atoms with van der Waals surface area (Å²) in [5.74, 6) is -0.857. The Labute approximate surface area is 130 Å². The summed E-state index contributed by atoms with van der Waals surface area (Å²) in [6.07, 6.45) is 0. The van der Waals surface area contributed by atoms with Crippen molar-refractivity contribution in [3.05, 3.63) is 29.8 Å². The number of hydrogen-bond donors (Lipinski definition) is 1. The Balaban J connectivity index is 1.81. The van der Waals surface area contributed by atoms with Gasteiger partial charge in [-0.05, 0) is 11.6 Å². The van der Waals surface area contributed by atoms with Gasteiger partial charge in [-0.3, -0.25) is 14.5 Å². The Morgan fingerprint density at radius 1 is 1.00 bits per heavy atom. The highest BCUT2D eigenvalue weighted by Crippen LogP contribution is 2.24. The highest BCUT2D eigenvalue weighted by Gasteiger charge is 2.32. The van der Waals surface area contributed by atoms with Gasteiger partial charge < -0.3 is 15.1 Å². The molecule has 2 aliphatic rings. The minimum Gasteiger partial charge on any atom is -0.336 e. The van der Waals surface area contributed by atoms with Crippen molar-refractivity contribution in [3.8, 4) is 0 Å². The molecule has 3 rings (SSSR count). The van der Waals surface area contributed by atoms with E-state index in [-0.39, 0.29) is 0 Å². The maximum atomic E-state index is 12.3. The first-order valence-electron chi connectivity index (χ1n) is 7.75. The van der Waals surface area contributed by atoms with Crippen molar-refractivity contribution in [2.75, 3.05) is 51.2 Å². The van der Waals surface area contributed by atoms with E-state index in [1.807, 2.05) is 24.3 Å². The zero-order chi connectivity index (χ0) is 15.5. The van der Waals surface area contributed by atoms with Crippen molar-refractivity contribution in [2.45, 2.75) is 6.54 Å². The van der Waals surface area contributed by atoms with E-state index in [2.05, 4.69) is 10.2 Å². The van der Waals surface area contributed by atoms with E-state index in [1.165, 1.54) is 4.90 Å². The number of likely N-dealkylation sites (N-methyl/N-ethyl adjacent to an activating group) is 1. The molecule has 1 N–H and O–H groups in total. The molecule has 2 fully saturated rings. The maximum absolute atomic E-state index is 12.3. The fourth-order valence-electron chi connectivity index (χ4n) is 2.98. The second-order valence-corrected chi connectivity index (χ2v) is 5.84. The lowest BCUT2D eigenvalue weighted by Gasteiger charge is -2.34. The Morgan fingerprint density at radius 2 is 1.73 bits per heavy atom. The van der Waals surface area contributed by atoms with E-state index in [9.17, 15) is 9.59 Å². The van der Waals surface area contributed by atoms with Crippen LogP contribution in [-0.2, 0) is 16.1 Å². The molecule has 2 saturated heterocycles. The van der Waals surface area contributed by atoms with E-state index >= 15 is 0 Å². The van der Waals surface area contributed by atoms with Crippen LogP contribution in [0.1, 0.15) is 5.56 Å². The number of nitrogens with one attached hydrogen (secondary N) is 1. The fourth-order valence-corrected chi connectivity index (χ4v) is 2.98. The van der Waals surface area contributed by atoms with Crippen LogP contribution in [0.15, 0.2) is 24.3 Å². The summed E-state index contributed by atoms with van der Waals surface area (Å²) in [6.45, 7) is 5.94. The Bertz CT molecular complexity index is 569. The van der Waals surface area contributed by atoms with Crippen LogP contribution in [0, 0.1) is 0 Å². The maximum Gasteiger partial charge on any atom is 0.316 e. The highest BCUT2D eigenvalue weighted by molar-refractivity contribution is 6.41. The van der Waals surface area contributed by atoms with Gasteiger partial charge in [-0.2, -0.15) is 0 Å². The number of benzene rings is 1. The lowest BCUT2D eigenvalue weighted by Crippen LogP contribution is -2.53. The van der Waals surface area contributed by atoms with Crippen LogP contribution < -0.4 is 10.2 Å². The Kier molecular flexibility index (Phi) is 4.40. The van der Waals surface area contributed by atoms with Gasteiger partial charge in [0.05, 0.1) is 0 Å². The molecule has 1 aromatic carbocycles. The lowest BCUT2D eigenvalue weighted by molar-refractivity contribution is -0.145. The largest absolute Gasteiger partial charge is 0.336 e. The monoisotopic (exact) mass is 302 g/mol. The lowest BCUT2D eigenvalue weighted by atomic mass is 10.1. The quantitative estimate of drug-likeness (QED) is 0.792. The molecule has 0 aliphatic carbocycles. The highest BCUT2D eigenvalue weighted by atomic mass is 16.2. The van der Waals surface area contributed by atoms with Crippen molar-refractivity contribution >= 4 is 17.5 Å². The SMILES string of the molecule is CN1CCN(c2ccccc2CN2CCNCC2)C(=O)C1=O. The van der Waals surface area contributed by atoms with Gasteiger partial charge in [0, 0.05) is 58.5 Å². The molecule has 0 spiro atoms. The van der Waals surface area contributed by atoms with Crippen molar-refractivity contribution in [2.24, 2.45) is 0 Å². The number of nitrogens with zero attached hydrogens (tertiary/aromatic N) is 3. The summed E-state index contributed by atoms with van der Waals surface area (Å²) in [7, 11) is 1.67. The van der Waals surface area contributed by atoms with Gasteiger partial charge in [0.15, 0.2) is 0 Å². The van der Waals surface area contributed by atoms with Gasteiger partial charge in [-0.1, -0.05) is 18.2 Å². The molecule has 2 amide bonds. The minimum absolute atomic E-state index is 0.428. The van der Waals surface area contributed by atoms with Crippen LogP contribution in [0.2, 0.25) is 0 Å². The molecule has 0 saturated carbocycles. The van der Waals surface area contributed by atoms with Crippen LogP contribution in [-0.4, -0.2) is 67.9 Å². The molecule has 2 aliphatic heterocycles. The second-order valence-electron chi connectivity index (χ2n) is 5.84. The molecule has 0 aromatic heterocycles. The molecule has 118 valence electrons. The van der Waals surface area contributed by atoms with Crippen LogP contribution in [0.4, 0.5) is 5.69 Å². The Hall–Kier alpha value is -1.92. The number of piperazine rings is 2. The van der Waals surface area contributed by atoms with Gasteiger partial charge in [0.1, 0.15) is 0 Å². The molecule has 6 nitrogen and oxygen atoms in total. The molecule has 6 heteroatoms. The average Bonchev–Trinajstić information content (AvgIpc) is 2.55. The summed E-state index contributed by atoms with van der Waals surface area (Å²) >= 11 is 0. The number of carbonyl (C=O) groups excluding carboxylic acids is 2. The predicted molar refractivity (Wildman–Crippen MR) is 84.6 cm³/mol. The normalized spacial score (nSPS) is 20.6. The molecule has 2 heterocycles. The van der Waals surface area contributed by atoms with E-state index in [0.717, 1.165) is 44.0 Å². The molecule has 0 bridgehead atoms. The van der Waals surface area contributed by atoms with Crippen molar-refractivity contribution < 1.29 is 9.59 Å². The zero-order valence-corrected chi connectivity index (χ0v) is 12.9. The number of para-hydroxylation sites is 1. The summed E-state index contributed by atoms with van der Waals surface area (Å²) < 4.78 is 0. The third-order valence-corrected chi connectivity index (χ3v) is 4.32. The van der Waals surface area contributed by atoms with E-state index in [4.69, 9.17) is 0 Å². The summed E-state index contributed by atoms with van der Waals surface area (Å²) in [5.41, 5.74) is 1.97. The molecule has 0 radical (unpaired) electrons. The molecular formula is C16H22N4O2. The van der Waals surface area contributed by atoms with Gasteiger partial charge in [0.2, 0.25) is 0 Å². The molecule has 1 aromatic rings. The molecule has 0 unspecified atom stereocenters. The fraction of sp³-hybridized carbons (Fsp3) is 0.500. The number of carbonyl (C=O) groups is 2. The third kappa shape index (κ3) is 2.98. The first-order chi connectivity index (χ1) is 10.7. The third-order valence-electron chi connectivity index (χ3n) is 4.32. The van der Waals surface area contributed by atoms with Crippen LogP contribution in [0.3, 0.4) is 0 Å². The van der Waals surface area contributed by atoms with Crippen molar-refractivity contribution in [3.63, 3.8) is 0 Å². The van der Waals surface area contributed by atoms with Crippen molar-refractivity contribution in [1.29, 1.82) is 0 Å². The number of anilines is 1. The average molecular weight is 302 g/mol. The molecule has 22 heavy (non-hydrogen) atoms. The van der Waals surface area contributed by atoms with Crippen LogP contribution in [0.5, 0.6) is 0 Å². The van der Waals surface area contributed by atoms with E-state index in [1.54, 1.807) is 11.9 Å².